The Kier molecular flexibility index (Phi) is 3.59. The van der Waals surface area contributed by atoms with Crippen molar-refractivity contribution in [1.82, 2.24) is 4.72 Å². The third-order valence-corrected chi connectivity index (χ3v) is 4.14. The Hall–Kier alpha value is -1.86. The first kappa shape index (κ1) is 13.6. The van der Waals surface area contributed by atoms with Crippen LogP contribution in [0.1, 0.15) is 11.3 Å². The van der Waals surface area contributed by atoms with Gasteiger partial charge in [-0.15, -0.1) is 0 Å². The van der Waals surface area contributed by atoms with Crippen LogP contribution in [0.15, 0.2) is 39.8 Å². The molecule has 0 aliphatic carbocycles. The Morgan fingerprint density at radius 3 is 2.79 bits per heavy atom. The van der Waals surface area contributed by atoms with Gasteiger partial charge < -0.3 is 10.2 Å². The number of rotatable bonds is 4. The van der Waals surface area contributed by atoms with Crippen molar-refractivity contribution in [2.45, 2.75) is 18.4 Å². The summed E-state index contributed by atoms with van der Waals surface area (Å²) in [5.74, 6) is -0.154. The maximum atomic E-state index is 13.2. The molecule has 7 heteroatoms. The third kappa shape index (κ3) is 2.94. The molecule has 0 atom stereocenters. The molecule has 0 radical (unpaired) electrons. The van der Waals surface area contributed by atoms with Gasteiger partial charge >= 0.3 is 0 Å². The van der Waals surface area contributed by atoms with E-state index in [0.717, 1.165) is 12.1 Å². The number of nitrogens with two attached hydrogens (primary N) is 1. The lowest BCUT2D eigenvalue weighted by Gasteiger charge is -2.09. The van der Waals surface area contributed by atoms with Gasteiger partial charge in [0, 0.05) is 0 Å². The van der Waals surface area contributed by atoms with Crippen molar-refractivity contribution in [3.8, 4) is 0 Å². The number of anilines is 1. The van der Waals surface area contributed by atoms with Crippen LogP contribution in [0.2, 0.25) is 0 Å². The second-order valence-corrected chi connectivity index (χ2v) is 5.78. The molecule has 1 heterocycles. The molecule has 0 saturated carbocycles. The smallest absolute Gasteiger partial charge is 0.241 e. The van der Waals surface area contributed by atoms with E-state index in [9.17, 15) is 12.8 Å². The van der Waals surface area contributed by atoms with Gasteiger partial charge in [-0.3, -0.25) is 0 Å². The summed E-state index contributed by atoms with van der Waals surface area (Å²) in [6, 6.07) is 5.51. The number of aryl methyl sites for hydroxylation is 1. The second kappa shape index (κ2) is 5.02. The lowest BCUT2D eigenvalue weighted by molar-refractivity contribution is 0.498. The fourth-order valence-electron chi connectivity index (χ4n) is 1.62. The largest absolute Gasteiger partial charge is 0.468 e. The molecule has 102 valence electrons. The monoisotopic (exact) mass is 284 g/mol. The van der Waals surface area contributed by atoms with Crippen molar-refractivity contribution in [1.29, 1.82) is 0 Å². The molecule has 0 bridgehead atoms. The molecule has 0 aliphatic heterocycles. The predicted molar refractivity (Wildman–Crippen MR) is 68.3 cm³/mol. The molecule has 0 aliphatic rings. The topological polar surface area (TPSA) is 85.3 Å². The Balaban J connectivity index is 2.27. The van der Waals surface area contributed by atoms with Crippen LogP contribution >= 0.6 is 0 Å². The zero-order valence-corrected chi connectivity index (χ0v) is 11.0. The summed E-state index contributed by atoms with van der Waals surface area (Å²) in [6.45, 7) is 1.52. The number of sulfonamides is 1. The summed E-state index contributed by atoms with van der Waals surface area (Å²) in [5.41, 5.74) is 5.48. The average Bonchev–Trinajstić information content (AvgIpc) is 2.84. The van der Waals surface area contributed by atoms with Crippen molar-refractivity contribution in [2.75, 3.05) is 5.73 Å². The maximum absolute atomic E-state index is 13.2. The maximum Gasteiger partial charge on any atom is 0.241 e. The molecule has 0 fully saturated rings. The van der Waals surface area contributed by atoms with Crippen LogP contribution in [0, 0.1) is 12.7 Å². The lowest BCUT2D eigenvalue weighted by atomic mass is 10.2. The summed E-state index contributed by atoms with van der Waals surface area (Å²) < 4.78 is 44.8. The quantitative estimate of drug-likeness (QED) is 0.838. The number of hydrogen-bond donors (Lipinski definition) is 2. The molecule has 1 aromatic carbocycles. The van der Waals surface area contributed by atoms with Gasteiger partial charge in [0.15, 0.2) is 0 Å². The van der Waals surface area contributed by atoms with Gasteiger partial charge in [-0.1, -0.05) is 0 Å². The lowest BCUT2D eigenvalue weighted by Crippen LogP contribution is -2.24. The van der Waals surface area contributed by atoms with E-state index >= 15 is 0 Å². The van der Waals surface area contributed by atoms with Crippen LogP contribution in [-0.2, 0) is 16.6 Å². The van der Waals surface area contributed by atoms with E-state index < -0.39 is 15.8 Å². The van der Waals surface area contributed by atoms with Gasteiger partial charge in [-0.25, -0.2) is 17.5 Å². The Labute approximate surface area is 110 Å². The molecule has 3 N–H and O–H groups in total. The van der Waals surface area contributed by atoms with Gasteiger partial charge in [-0.05, 0) is 36.8 Å². The number of benzene rings is 1. The molecule has 2 aromatic rings. The first-order valence-electron chi connectivity index (χ1n) is 5.48. The Bertz CT molecular complexity index is 681. The van der Waals surface area contributed by atoms with Crippen molar-refractivity contribution >= 4 is 15.7 Å². The summed E-state index contributed by atoms with van der Waals surface area (Å²) in [4.78, 5) is -0.0436. The zero-order chi connectivity index (χ0) is 14.0. The van der Waals surface area contributed by atoms with Crippen LogP contribution in [0.25, 0.3) is 0 Å². The average molecular weight is 284 g/mol. The number of hydrogen-bond acceptors (Lipinski definition) is 4. The van der Waals surface area contributed by atoms with E-state index in [1.807, 2.05) is 0 Å². The standard InChI is InChI=1S/C12H13FN2O3S/c1-8-5-10(13)11(14)6-12(8)19(16,17)15-7-9-3-2-4-18-9/h2-6,15H,7,14H2,1H3. The SMILES string of the molecule is Cc1cc(F)c(N)cc1S(=O)(=O)NCc1ccco1. The van der Waals surface area contributed by atoms with Crippen LogP contribution in [-0.4, -0.2) is 8.42 Å². The van der Waals surface area contributed by atoms with Gasteiger partial charge in [0.25, 0.3) is 0 Å². The number of halogens is 1. The minimum atomic E-state index is -3.76. The van der Waals surface area contributed by atoms with E-state index in [2.05, 4.69) is 4.72 Å². The summed E-state index contributed by atoms with van der Waals surface area (Å²) in [7, 11) is -3.76. The molecule has 0 unspecified atom stereocenters. The van der Waals surface area contributed by atoms with Crippen molar-refractivity contribution in [3.63, 3.8) is 0 Å². The molecule has 5 nitrogen and oxygen atoms in total. The van der Waals surface area contributed by atoms with Crippen molar-refractivity contribution < 1.29 is 17.2 Å². The summed E-state index contributed by atoms with van der Waals surface area (Å²) in [5, 5.41) is 0. The van der Waals surface area contributed by atoms with E-state index in [0.29, 0.717) is 11.3 Å². The van der Waals surface area contributed by atoms with E-state index in [1.54, 1.807) is 12.1 Å². The molecule has 1 aromatic heterocycles. The molecule has 0 saturated heterocycles. The van der Waals surface area contributed by atoms with Gasteiger partial charge in [0.1, 0.15) is 11.6 Å². The number of nitrogens with one attached hydrogen (secondary N) is 1. The van der Waals surface area contributed by atoms with E-state index in [1.165, 1.54) is 13.2 Å². The van der Waals surface area contributed by atoms with Crippen LogP contribution in [0.5, 0.6) is 0 Å². The molecule has 0 amide bonds. The van der Waals surface area contributed by atoms with Crippen LogP contribution in [0.3, 0.4) is 0 Å². The highest BCUT2D eigenvalue weighted by Crippen LogP contribution is 2.21. The highest BCUT2D eigenvalue weighted by molar-refractivity contribution is 7.89. The number of nitrogen functional groups attached to an aromatic ring is 1. The first-order chi connectivity index (χ1) is 8.90. The van der Waals surface area contributed by atoms with Gasteiger partial charge in [-0.2, -0.15) is 0 Å². The Morgan fingerprint density at radius 2 is 2.16 bits per heavy atom. The summed E-state index contributed by atoms with van der Waals surface area (Å²) >= 11 is 0. The van der Waals surface area contributed by atoms with E-state index in [4.69, 9.17) is 10.2 Å². The van der Waals surface area contributed by atoms with Gasteiger partial charge in [0.05, 0.1) is 23.4 Å². The van der Waals surface area contributed by atoms with Gasteiger partial charge in [0.2, 0.25) is 10.0 Å². The normalized spacial score (nSPS) is 11.7. The van der Waals surface area contributed by atoms with Crippen molar-refractivity contribution in [3.05, 3.63) is 47.7 Å². The molecule has 2 rings (SSSR count). The second-order valence-electron chi connectivity index (χ2n) is 4.04. The number of furan rings is 1. The third-order valence-electron chi connectivity index (χ3n) is 2.60. The predicted octanol–water partition coefficient (Wildman–Crippen LogP) is 1.79. The summed E-state index contributed by atoms with van der Waals surface area (Å²) in [6.07, 6.45) is 1.45. The fourth-order valence-corrected chi connectivity index (χ4v) is 2.87. The van der Waals surface area contributed by atoms with Crippen LogP contribution < -0.4 is 10.5 Å². The minimum absolute atomic E-state index is 0.0199. The Morgan fingerprint density at radius 1 is 1.42 bits per heavy atom. The zero-order valence-electron chi connectivity index (χ0n) is 10.2. The molecule has 19 heavy (non-hydrogen) atoms. The molecular weight excluding hydrogens is 271 g/mol. The van der Waals surface area contributed by atoms with Crippen LogP contribution in [0.4, 0.5) is 10.1 Å². The molecular formula is C12H13FN2O3S. The molecule has 0 spiro atoms. The highest BCUT2D eigenvalue weighted by Gasteiger charge is 2.19. The van der Waals surface area contributed by atoms with E-state index in [-0.39, 0.29) is 17.1 Å². The first-order valence-corrected chi connectivity index (χ1v) is 6.96. The minimum Gasteiger partial charge on any atom is -0.468 e. The van der Waals surface area contributed by atoms with Crippen molar-refractivity contribution in [2.24, 2.45) is 0 Å². The highest BCUT2D eigenvalue weighted by atomic mass is 32.2. The fraction of sp³-hybridized carbons (Fsp3) is 0.167.